The number of halogens is 1. The van der Waals surface area contributed by atoms with Gasteiger partial charge in [0, 0.05) is 38.5 Å². The van der Waals surface area contributed by atoms with Crippen molar-refractivity contribution < 1.29 is 17.5 Å². The van der Waals surface area contributed by atoms with Crippen molar-refractivity contribution in [3.05, 3.63) is 48.3 Å². The van der Waals surface area contributed by atoms with E-state index in [1.807, 2.05) is 17.8 Å². The lowest BCUT2D eigenvalue weighted by Crippen LogP contribution is -2.31. The molecule has 2 aromatic rings. The van der Waals surface area contributed by atoms with Gasteiger partial charge in [0.2, 0.25) is 10.0 Å². The Balaban J connectivity index is 1.73. The largest absolute Gasteiger partial charge is 0.370 e. The first kappa shape index (κ1) is 16.1. The molecule has 2 atom stereocenters. The Morgan fingerprint density at radius 3 is 2.91 bits per heavy atom. The van der Waals surface area contributed by atoms with Gasteiger partial charge in [-0.05, 0) is 18.6 Å². The van der Waals surface area contributed by atoms with E-state index < -0.39 is 15.8 Å². The van der Waals surface area contributed by atoms with Crippen molar-refractivity contribution in [1.82, 2.24) is 14.3 Å². The van der Waals surface area contributed by atoms with Crippen LogP contribution in [0.5, 0.6) is 0 Å². The number of nitrogens with one attached hydrogen (secondary N) is 1. The highest BCUT2D eigenvalue weighted by atomic mass is 32.2. The molecule has 1 fully saturated rings. The van der Waals surface area contributed by atoms with Gasteiger partial charge in [-0.25, -0.2) is 22.5 Å². The Bertz CT molecular complexity index is 791. The molecule has 1 aromatic heterocycles. The van der Waals surface area contributed by atoms with Crippen LogP contribution in [-0.2, 0) is 21.8 Å². The molecule has 0 aliphatic carbocycles. The molecular weight excluding hydrogens is 321 g/mol. The van der Waals surface area contributed by atoms with Gasteiger partial charge >= 0.3 is 0 Å². The minimum absolute atomic E-state index is 0.0438. The van der Waals surface area contributed by atoms with Gasteiger partial charge in [0.25, 0.3) is 0 Å². The van der Waals surface area contributed by atoms with Gasteiger partial charge in [-0.3, -0.25) is 0 Å². The third-order valence-electron chi connectivity index (χ3n) is 3.99. The van der Waals surface area contributed by atoms with E-state index in [1.54, 1.807) is 6.20 Å². The summed E-state index contributed by atoms with van der Waals surface area (Å²) in [4.78, 5) is 3.93. The van der Waals surface area contributed by atoms with E-state index in [0.717, 1.165) is 18.3 Å². The molecule has 0 unspecified atom stereocenters. The molecule has 1 aliphatic rings. The average molecular weight is 339 g/mol. The predicted molar refractivity (Wildman–Crippen MR) is 81.6 cm³/mol. The first-order valence-corrected chi connectivity index (χ1v) is 8.80. The highest BCUT2D eigenvalue weighted by molar-refractivity contribution is 7.89. The second kappa shape index (κ2) is 6.38. The van der Waals surface area contributed by atoms with E-state index >= 15 is 0 Å². The minimum atomic E-state index is -3.89. The summed E-state index contributed by atoms with van der Waals surface area (Å²) in [6.07, 6.45) is 3.95. The van der Waals surface area contributed by atoms with Gasteiger partial charge in [0.15, 0.2) is 0 Å². The van der Waals surface area contributed by atoms with Crippen LogP contribution >= 0.6 is 0 Å². The number of hydrogen-bond acceptors (Lipinski definition) is 4. The molecule has 6 nitrogen and oxygen atoms in total. The summed E-state index contributed by atoms with van der Waals surface area (Å²) in [7, 11) is -2.02. The summed E-state index contributed by atoms with van der Waals surface area (Å²) in [5, 5.41) is 0. The number of imidazole rings is 1. The second-order valence-electron chi connectivity index (χ2n) is 5.52. The van der Waals surface area contributed by atoms with Gasteiger partial charge in [-0.1, -0.05) is 12.1 Å². The Morgan fingerprint density at radius 1 is 1.43 bits per heavy atom. The number of rotatable bonds is 5. The monoisotopic (exact) mass is 339 g/mol. The number of aromatic nitrogens is 2. The molecule has 0 spiro atoms. The summed E-state index contributed by atoms with van der Waals surface area (Å²) in [6.45, 7) is 0.720. The van der Waals surface area contributed by atoms with Gasteiger partial charge in [0.05, 0.1) is 0 Å². The van der Waals surface area contributed by atoms with Crippen LogP contribution < -0.4 is 4.72 Å². The Kier molecular flexibility index (Phi) is 4.47. The minimum Gasteiger partial charge on any atom is -0.370 e. The average Bonchev–Trinajstić information content (AvgIpc) is 3.13. The van der Waals surface area contributed by atoms with E-state index in [4.69, 9.17) is 4.74 Å². The smallest absolute Gasteiger partial charge is 0.243 e. The molecule has 0 bridgehead atoms. The summed E-state index contributed by atoms with van der Waals surface area (Å²) in [5.41, 5.74) is 0. The Labute approximate surface area is 134 Å². The van der Waals surface area contributed by atoms with Crippen LogP contribution in [0.1, 0.15) is 18.3 Å². The Hall–Kier alpha value is -1.77. The highest BCUT2D eigenvalue weighted by Crippen LogP contribution is 2.33. The lowest BCUT2D eigenvalue weighted by molar-refractivity contribution is 0.0823. The number of hydrogen-bond donors (Lipinski definition) is 1. The molecule has 23 heavy (non-hydrogen) atoms. The molecule has 3 rings (SSSR count). The van der Waals surface area contributed by atoms with Crippen molar-refractivity contribution in [1.29, 1.82) is 0 Å². The molecule has 0 saturated carbocycles. The highest BCUT2D eigenvalue weighted by Gasteiger charge is 2.33. The number of ether oxygens (including phenoxy) is 1. The van der Waals surface area contributed by atoms with E-state index in [-0.39, 0.29) is 23.5 Å². The zero-order chi connectivity index (χ0) is 16.4. The van der Waals surface area contributed by atoms with Crippen LogP contribution in [0.15, 0.2) is 41.6 Å². The topological polar surface area (TPSA) is 73.2 Å². The lowest BCUT2D eigenvalue weighted by Gasteiger charge is -2.18. The van der Waals surface area contributed by atoms with E-state index in [9.17, 15) is 12.8 Å². The molecular formula is C15H18FN3O3S. The standard InChI is InChI=1S/C15H18FN3O3S/c1-19-8-7-17-15(19)14-11(6-9-22-14)10-18-23(20,21)13-5-3-2-4-12(13)16/h2-5,7-8,11,14,18H,6,9-10H2,1H3/t11-,14+/m0/s1. The molecule has 0 radical (unpaired) electrons. The van der Waals surface area contributed by atoms with Crippen molar-refractivity contribution in [3.8, 4) is 0 Å². The fourth-order valence-corrected chi connectivity index (χ4v) is 3.91. The second-order valence-corrected chi connectivity index (χ2v) is 7.25. The summed E-state index contributed by atoms with van der Waals surface area (Å²) >= 11 is 0. The lowest BCUT2D eigenvalue weighted by atomic mass is 10.0. The van der Waals surface area contributed by atoms with Gasteiger partial charge < -0.3 is 9.30 Å². The maximum Gasteiger partial charge on any atom is 0.243 e. The molecule has 2 heterocycles. The van der Waals surface area contributed by atoms with Gasteiger partial charge in [0.1, 0.15) is 22.6 Å². The van der Waals surface area contributed by atoms with Crippen LogP contribution in [0.4, 0.5) is 4.39 Å². The fourth-order valence-electron chi connectivity index (χ4n) is 2.74. The first-order valence-electron chi connectivity index (χ1n) is 7.32. The zero-order valence-electron chi connectivity index (χ0n) is 12.6. The molecule has 124 valence electrons. The molecule has 8 heteroatoms. The number of nitrogens with zero attached hydrogens (tertiary/aromatic N) is 2. The van der Waals surface area contributed by atoms with Gasteiger partial charge in [-0.15, -0.1) is 0 Å². The van der Waals surface area contributed by atoms with Crippen molar-refractivity contribution in [3.63, 3.8) is 0 Å². The molecule has 0 amide bonds. The molecule has 1 N–H and O–H groups in total. The number of benzene rings is 1. The third kappa shape index (κ3) is 3.29. The van der Waals surface area contributed by atoms with Crippen molar-refractivity contribution in [2.24, 2.45) is 13.0 Å². The van der Waals surface area contributed by atoms with Crippen LogP contribution in [0.2, 0.25) is 0 Å². The van der Waals surface area contributed by atoms with Crippen LogP contribution in [0, 0.1) is 11.7 Å². The number of sulfonamides is 1. The van der Waals surface area contributed by atoms with Crippen LogP contribution in [0.25, 0.3) is 0 Å². The fraction of sp³-hybridized carbons (Fsp3) is 0.400. The first-order chi connectivity index (χ1) is 11.0. The maximum absolute atomic E-state index is 13.7. The normalized spacial score (nSPS) is 21.7. The van der Waals surface area contributed by atoms with E-state index in [0.29, 0.717) is 6.61 Å². The third-order valence-corrected chi connectivity index (χ3v) is 5.45. The van der Waals surface area contributed by atoms with E-state index in [1.165, 1.54) is 18.2 Å². The molecule has 1 saturated heterocycles. The SMILES string of the molecule is Cn1ccnc1[C@@H]1OCC[C@H]1CNS(=O)(=O)c1ccccc1F. The molecule has 1 aliphatic heterocycles. The Morgan fingerprint density at radius 2 is 2.22 bits per heavy atom. The van der Waals surface area contributed by atoms with Crippen molar-refractivity contribution in [2.45, 2.75) is 17.4 Å². The van der Waals surface area contributed by atoms with Crippen LogP contribution in [-0.4, -0.2) is 31.1 Å². The summed E-state index contributed by atoms with van der Waals surface area (Å²) in [5.74, 6) is -0.0430. The van der Waals surface area contributed by atoms with E-state index in [2.05, 4.69) is 9.71 Å². The summed E-state index contributed by atoms with van der Waals surface area (Å²) in [6, 6.07) is 5.33. The molecule has 1 aromatic carbocycles. The number of aryl methyl sites for hydroxylation is 1. The maximum atomic E-state index is 13.7. The van der Waals surface area contributed by atoms with Crippen molar-refractivity contribution >= 4 is 10.0 Å². The summed E-state index contributed by atoms with van der Waals surface area (Å²) < 4.78 is 48.2. The quantitative estimate of drug-likeness (QED) is 0.898. The van der Waals surface area contributed by atoms with Gasteiger partial charge in [-0.2, -0.15) is 0 Å². The zero-order valence-corrected chi connectivity index (χ0v) is 13.5. The van der Waals surface area contributed by atoms with Crippen molar-refractivity contribution in [2.75, 3.05) is 13.2 Å². The van der Waals surface area contributed by atoms with Crippen LogP contribution in [0.3, 0.4) is 0 Å². The predicted octanol–water partition coefficient (Wildman–Crippen LogP) is 1.62.